The molecule has 1 aliphatic heterocycles. The Balaban J connectivity index is 1.56. The number of nitriles is 1. The predicted octanol–water partition coefficient (Wildman–Crippen LogP) is 4.19. The number of halogens is 1. The Morgan fingerprint density at radius 1 is 1.23 bits per heavy atom. The summed E-state index contributed by atoms with van der Waals surface area (Å²) in [7, 11) is -3.20. The van der Waals surface area contributed by atoms with Gasteiger partial charge in [0.25, 0.3) is 0 Å². The monoisotopic (exact) mass is 446 g/mol. The van der Waals surface area contributed by atoms with Crippen LogP contribution in [0, 0.1) is 23.2 Å². The first kappa shape index (κ1) is 22.6. The van der Waals surface area contributed by atoms with E-state index in [1.54, 1.807) is 30.3 Å². The van der Waals surface area contributed by atoms with Crippen molar-refractivity contribution in [3.05, 3.63) is 58.6 Å². The zero-order valence-corrected chi connectivity index (χ0v) is 19.1. The second kappa shape index (κ2) is 9.38. The number of likely N-dealkylation sites (tertiary alicyclic amines) is 1. The third kappa shape index (κ3) is 5.75. The summed E-state index contributed by atoms with van der Waals surface area (Å²) in [6.45, 7) is 6.97. The van der Waals surface area contributed by atoms with Gasteiger partial charge in [0.05, 0.1) is 23.1 Å². The molecule has 0 aromatic heterocycles. The van der Waals surface area contributed by atoms with Crippen LogP contribution in [0.25, 0.3) is 0 Å². The highest BCUT2D eigenvalue weighted by Gasteiger charge is 2.32. The molecule has 1 heterocycles. The number of sulfone groups is 1. The molecule has 0 amide bonds. The number of benzene rings is 2. The minimum Gasteiger partial charge on any atom is -0.493 e. The van der Waals surface area contributed by atoms with Gasteiger partial charge in [-0.3, -0.25) is 4.90 Å². The van der Waals surface area contributed by atoms with Crippen LogP contribution in [0.1, 0.15) is 25.0 Å². The van der Waals surface area contributed by atoms with Crippen LogP contribution in [0.3, 0.4) is 0 Å². The summed E-state index contributed by atoms with van der Waals surface area (Å²) in [4.78, 5) is 2.75. The molecule has 5 nitrogen and oxygen atoms in total. The highest BCUT2D eigenvalue weighted by atomic mass is 35.5. The second-order valence-corrected chi connectivity index (χ2v) is 10.7. The molecule has 1 fully saturated rings. The van der Waals surface area contributed by atoms with Gasteiger partial charge in [0.1, 0.15) is 5.75 Å². The van der Waals surface area contributed by atoms with Crippen LogP contribution in [0.4, 0.5) is 0 Å². The Morgan fingerprint density at radius 3 is 2.57 bits per heavy atom. The van der Waals surface area contributed by atoms with Crippen LogP contribution in [0.5, 0.6) is 5.75 Å². The van der Waals surface area contributed by atoms with Gasteiger partial charge in [-0.1, -0.05) is 18.5 Å². The minimum absolute atomic E-state index is 0.296. The molecule has 0 N–H and O–H groups in total. The Hall–Kier alpha value is -2.07. The Morgan fingerprint density at radius 2 is 1.93 bits per heavy atom. The molecule has 0 bridgehead atoms. The first-order valence-electron chi connectivity index (χ1n) is 10.0. The fourth-order valence-electron chi connectivity index (χ4n) is 3.94. The van der Waals surface area contributed by atoms with E-state index in [1.807, 2.05) is 12.1 Å². The maximum atomic E-state index is 11.6. The number of hydrogen-bond donors (Lipinski definition) is 0. The lowest BCUT2D eigenvalue weighted by Gasteiger charge is -2.24. The second-order valence-electron chi connectivity index (χ2n) is 8.26. The van der Waals surface area contributed by atoms with Gasteiger partial charge >= 0.3 is 0 Å². The molecule has 0 saturated carbocycles. The zero-order chi connectivity index (χ0) is 21.9. The third-order valence-electron chi connectivity index (χ3n) is 5.75. The van der Waals surface area contributed by atoms with Gasteiger partial charge in [-0.05, 0) is 67.3 Å². The number of hydrogen-bond acceptors (Lipinski definition) is 5. The van der Waals surface area contributed by atoms with Gasteiger partial charge in [0.2, 0.25) is 0 Å². The fraction of sp³-hybridized carbons (Fsp3) is 0.435. The topological polar surface area (TPSA) is 70.4 Å². The molecule has 0 radical (unpaired) electrons. The van der Waals surface area contributed by atoms with Crippen molar-refractivity contribution in [2.75, 3.05) is 26.0 Å². The van der Waals surface area contributed by atoms with Gasteiger partial charge < -0.3 is 4.74 Å². The van der Waals surface area contributed by atoms with E-state index < -0.39 is 9.84 Å². The van der Waals surface area contributed by atoms with Crippen molar-refractivity contribution >= 4 is 21.4 Å². The smallest absolute Gasteiger partial charge is 0.175 e. The van der Waals surface area contributed by atoms with E-state index in [1.165, 1.54) is 6.26 Å². The molecule has 2 aromatic rings. The van der Waals surface area contributed by atoms with E-state index in [0.29, 0.717) is 45.7 Å². The Kier molecular flexibility index (Phi) is 7.07. The Labute approximate surface area is 184 Å². The number of rotatable bonds is 7. The van der Waals surface area contributed by atoms with Gasteiger partial charge in [-0.25, -0.2) is 8.42 Å². The van der Waals surface area contributed by atoms with Gasteiger partial charge in [0.15, 0.2) is 9.84 Å². The van der Waals surface area contributed by atoms with Crippen molar-refractivity contribution in [2.24, 2.45) is 11.8 Å². The molecule has 3 atom stereocenters. The summed E-state index contributed by atoms with van der Waals surface area (Å²) >= 11 is 6.14. The van der Waals surface area contributed by atoms with E-state index in [9.17, 15) is 8.42 Å². The molecule has 0 aliphatic carbocycles. The molecule has 3 rings (SSSR count). The van der Waals surface area contributed by atoms with Gasteiger partial charge in [0, 0.05) is 36.3 Å². The number of ether oxygens (including phenoxy) is 1. The van der Waals surface area contributed by atoms with Crippen LogP contribution in [0.2, 0.25) is 5.02 Å². The lowest BCUT2D eigenvalue weighted by Crippen LogP contribution is -2.33. The molecule has 0 spiro atoms. The first-order valence-corrected chi connectivity index (χ1v) is 12.3. The maximum absolute atomic E-state index is 11.6. The molecule has 160 valence electrons. The molecule has 1 aliphatic rings. The van der Waals surface area contributed by atoms with Crippen LogP contribution in [-0.2, 0) is 16.3 Å². The summed E-state index contributed by atoms with van der Waals surface area (Å²) in [5.41, 5.74) is 1.66. The largest absolute Gasteiger partial charge is 0.493 e. The summed E-state index contributed by atoms with van der Waals surface area (Å²) in [5, 5.41) is 9.74. The van der Waals surface area contributed by atoms with E-state index in [2.05, 4.69) is 24.8 Å². The first-order chi connectivity index (χ1) is 14.2. The van der Waals surface area contributed by atoms with Crippen LogP contribution < -0.4 is 4.74 Å². The summed E-state index contributed by atoms with van der Waals surface area (Å²) in [6, 6.07) is 14.6. The summed E-state index contributed by atoms with van der Waals surface area (Å²) < 4.78 is 29.1. The Bertz CT molecular complexity index is 1030. The van der Waals surface area contributed by atoms with Crippen LogP contribution in [0.15, 0.2) is 47.4 Å². The van der Waals surface area contributed by atoms with Gasteiger partial charge in [-0.15, -0.1) is 0 Å². The van der Waals surface area contributed by atoms with Crippen LogP contribution >= 0.6 is 11.6 Å². The minimum atomic E-state index is -3.20. The SMILES string of the molecule is CC(Cc1cc(Cl)cc(C#N)c1)N1C[C@@H](COc2ccc(S(C)(=O)=O)cc2)[C@H](C)C1. The van der Waals surface area contributed by atoms with Crippen molar-refractivity contribution in [3.8, 4) is 11.8 Å². The van der Waals surface area contributed by atoms with E-state index in [0.717, 1.165) is 25.1 Å². The average Bonchev–Trinajstić information content (AvgIpc) is 3.06. The van der Waals surface area contributed by atoms with Crippen molar-refractivity contribution in [2.45, 2.75) is 31.2 Å². The predicted molar refractivity (Wildman–Crippen MR) is 119 cm³/mol. The van der Waals surface area contributed by atoms with Crippen LogP contribution in [-0.4, -0.2) is 45.3 Å². The maximum Gasteiger partial charge on any atom is 0.175 e. The van der Waals surface area contributed by atoms with E-state index in [-0.39, 0.29) is 0 Å². The number of nitrogens with zero attached hydrogens (tertiary/aromatic N) is 2. The zero-order valence-electron chi connectivity index (χ0n) is 17.5. The highest BCUT2D eigenvalue weighted by Crippen LogP contribution is 2.27. The van der Waals surface area contributed by atoms with Gasteiger partial charge in [-0.2, -0.15) is 5.26 Å². The van der Waals surface area contributed by atoms with E-state index in [4.69, 9.17) is 21.6 Å². The van der Waals surface area contributed by atoms with Crippen molar-refractivity contribution in [3.63, 3.8) is 0 Å². The normalized spacial score (nSPS) is 20.6. The quantitative estimate of drug-likeness (QED) is 0.637. The fourth-order valence-corrected chi connectivity index (χ4v) is 4.83. The summed E-state index contributed by atoms with van der Waals surface area (Å²) in [5.74, 6) is 1.58. The molecular formula is C23H27ClN2O3S. The molecule has 1 unspecified atom stereocenters. The summed E-state index contributed by atoms with van der Waals surface area (Å²) in [6.07, 6.45) is 2.03. The molecule has 7 heteroatoms. The average molecular weight is 447 g/mol. The van der Waals surface area contributed by atoms with E-state index >= 15 is 0 Å². The van der Waals surface area contributed by atoms with Crippen molar-refractivity contribution in [1.29, 1.82) is 5.26 Å². The lowest BCUT2D eigenvalue weighted by molar-refractivity contribution is 0.211. The highest BCUT2D eigenvalue weighted by molar-refractivity contribution is 7.90. The molecule has 30 heavy (non-hydrogen) atoms. The van der Waals surface area contributed by atoms with Crippen molar-refractivity contribution < 1.29 is 13.2 Å². The standard InChI is InChI=1S/C23H27ClN2O3S/c1-16-13-26(17(2)8-18-9-19(12-25)11-21(24)10-18)14-20(16)15-29-22-4-6-23(7-5-22)30(3,27)28/h4-7,9-11,16-17,20H,8,13-15H2,1-3H3/t16-,17?,20+/m1/s1. The molecule has 2 aromatic carbocycles. The third-order valence-corrected chi connectivity index (χ3v) is 7.10. The van der Waals surface area contributed by atoms with Crippen molar-refractivity contribution in [1.82, 2.24) is 4.90 Å². The lowest BCUT2D eigenvalue weighted by atomic mass is 9.99. The molecule has 1 saturated heterocycles. The molecular weight excluding hydrogens is 420 g/mol.